The lowest BCUT2D eigenvalue weighted by molar-refractivity contribution is 0.485. The molecule has 0 aliphatic heterocycles. The normalized spacial score (nSPS) is 25.2. The van der Waals surface area contributed by atoms with Crippen molar-refractivity contribution < 1.29 is 8.42 Å². The molecule has 1 saturated carbocycles. The molecule has 1 aromatic rings. The van der Waals surface area contributed by atoms with Crippen molar-refractivity contribution in [2.75, 3.05) is 0 Å². The Bertz CT molecular complexity index is 524. The van der Waals surface area contributed by atoms with Gasteiger partial charge in [0, 0.05) is 6.04 Å². The SMILES string of the molecule is CC1CCCC(NS(=O)(=O)c2cc(Cl)c(Br)s2)CC1. The number of hydrogen-bond acceptors (Lipinski definition) is 3. The van der Waals surface area contributed by atoms with Crippen molar-refractivity contribution in [3.05, 3.63) is 14.9 Å². The van der Waals surface area contributed by atoms with E-state index in [1.807, 2.05) is 0 Å². The molecule has 1 N–H and O–H groups in total. The van der Waals surface area contributed by atoms with Crippen molar-refractivity contribution in [2.24, 2.45) is 5.92 Å². The average Bonchev–Trinajstić information content (AvgIpc) is 2.55. The van der Waals surface area contributed by atoms with Gasteiger partial charge in [-0.05, 0) is 47.2 Å². The number of rotatable bonds is 3. The maximum absolute atomic E-state index is 12.3. The third kappa shape index (κ3) is 4.17. The van der Waals surface area contributed by atoms with Crippen LogP contribution in [0.3, 0.4) is 0 Å². The molecule has 2 unspecified atom stereocenters. The molecule has 3 nitrogen and oxygen atoms in total. The molecule has 0 saturated heterocycles. The van der Waals surface area contributed by atoms with Crippen LogP contribution in [-0.4, -0.2) is 14.5 Å². The molecule has 0 radical (unpaired) electrons. The fraction of sp³-hybridized carbons (Fsp3) is 0.667. The van der Waals surface area contributed by atoms with Gasteiger partial charge < -0.3 is 0 Å². The van der Waals surface area contributed by atoms with E-state index in [0.29, 0.717) is 14.7 Å². The Morgan fingerprint density at radius 1 is 1.37 bits per heavy atom. The van der Waals surface area contributed by atoms with Crippen LogP contribution in [0.4, 0.5) is 0 Å². The molecular formula is C12H17BrClNO2S2. The zero-order valence-electron chi connectivity index (χ0n) is 10.7. The first-order valence-electron chi connectivity index (χ1n) is 6.35. The lowest BCUT2D eigenvalue weighted by Gasteiger charge is -2.15. The van der Waals surface area contributed by atoms with Gasteiger partial charge in [0.15, 0.2) is 0 Å². The summed E-state index contributed by atoms with van der Waals surface area (Å²) in [6, 6.07) is 1.55. The van der Waals surface area contributed by atoms with Crippen LogP contribution in [0.15, 0.2) is 14.1 Å². The van der Waals surface area contributed by atoms with Crippen LogP contribution >= 0.6 is 38.9 Å². The largest absolute Gasteiger partial charge is 0.250 e. The minimum absolute atomic E-state index is 0.0506. The van der Waals surface area contributed by atoms with E-state index in [1.54, 1.807) is 0 Å². The second kappa shape index (κ2) is 6.43. The van der Waals surface area contributed by atoms with E-state index >= 15 is 0 Å². The molecule has 1 aliphatic carbocycles. The molecule has 19 heavy (non-hydrogen) atoms. The predicted octanol–water partition coefficient (Wildman–Crippen LogP) is 4.41. The monoisotopic (exact) mass is 385 g/mol. The summed E-state index contributed by atoms with van der Waals surface area (Å²) < 4.78 is 28.3. The molecule has 0 amide bonds. The van der Waals surface area contributed by atoms with Crippen molar-refractivity contribution in [1.29, 1.82) is 0 Å². The van der Waals surface area contributed by atoms with E-state index < -0.39 is 10.0 Å². The van der Waals surface area contributed by atoms with Gasteiger partial charge in [-0.2, -0.15) is 0 Å². The Kier molecular flexibility index (Phi) is 5.34. The molecule has 1 fully saturated rings. The third-order valence-corrected chi connectivity index (χ3v) is 7.94. The van der Waals surface area contributed by atoms with Crippen molar-refractivity contribution >= 4 is 48.9 Å². The molecule has 108 valence electrons. The van der Waals surface area contributed by atoms with Crippen LogP contribution in [0.5, 0.6) is 0 Å². The van der Waals surface area contributed by atoms with E-state index in [2.05, 4.69) is 27.6 Å². The highest BCUT2D eigenvalue weighted by Gasteiger charge is 2.24. The summed E-state index contributed by atoms with van der Waals surface area (Å²) in [6.07, 6.45) is 5.20. The zero-order chi connectivity index (χ0) is 14.0. The third-order valence-electron chi connectivity index (χ3n) is 3.47. The van der Waals surface area contributed by atoms with Gasteiger partial charge in [-0.3, -0.25) is 0 Å². The molecule has 2 atom stereocenters. The number of halogens is 2. The first-order chi connectivity index (χ1) is 8.88. The van der Waals surface area contributed by atoms with Gasteiger partial charge >= 0.3 is 0 Å². The Morgan fingerprint density at radius 2 is 2.11 bits per heavy atom. The van der Waals surface area contributed by atoms with Crippen LogP contribution in [-0.2, 0) is 10.0 Å². The van der Waals surface area contributed by atoms with Crippen molar-refractivity contribution in [3.63, 3.8) is 0 Å². The molecule has 1 heterocycles. The lowest BCUT2D eigenvalue weighted by Crippen LogP contribution is -2.34. The molecular weight excluding hydrogens is 370 g/mol. The summed E-state index contributed by atoms with van der Waals surface area (Å²) in [5.74, 6) is 0.694. The molecule has 2 rings (SSSR count). The second-order valence-electron chi connectivity index (χ2n) is 5.12. The summed E-state index contributed by atoms with van der Waals surface area (Å²) in [7, 11) is -3.44. The predicted molar refractivity (Wildman–Crippen MR) is 83.4 cm³/mol. The van der Waals surface area contributed by atoms with Gasteiger partial charge in [-0.15, -0.1) is 11.3 Å². The number of nitrogens with one attached hydrogen (secondary N) is 1. The highest BCUT2D eigenvalue weighted by molar-refractivity contribution is 9.11. The highest BCUT2D eigenvalue weighted by Crippen LogP contribution is 2.35. The van der Waals surface area contributed by atoms with Gasteiger partial charge in [-0.1, -0.05) is 31.4 Å². The van der Waals surface area contributed by atoms with Crippen LogP contribution in [0.25, 0.3) is 0 Å². The number of thiophene rings is 1. The summed E-state index contributed by atoms with van der Waals surface area (Å²) >= 11 is 10.3. The van der Waals surface area contributed by atoms with Gasteiger partial charge in [0.1, 0.15) is 4.21 Å². The maximum Gasteiger partial charge on any atom is 0.250 e. The summed E-state index contributed by atoms with van der Waals surface area (Å²) in [5, 5.41) is 0.444. The highest BCUT2D eigenvalue weighted by atomic mass is 79.9. The maximum atomic E-state index is 12.3. The van der Waals surface area contributed by atoms with Crippen LogP contribution < -0.4 is 4.72 Å². The van der Waals surface area contributed by atoms with Crippen molar-refractivity contribution in [2.45, 2.75) is 49.3 Å². The minimum Gasteiger partial charge on any atom is -0.207 e. The van der Waals surface area contributed by atoms with E-state index in [4.69, 9.17) is 11.6 Å². The number of sulfonamides is 1. The molecule has 1 aliphatic rings. The fourth-order valence-corrected chi connectivity index (χ4v) is 6.06. The van der Waals surface area contributed by atoms with Crippen molar-refractivity contribution in [3.8, 4) is 0 Å². The van der Waals surface area contributed by atoms with E-state index in [-0.39, 0.29) is 10.3 Å². The van der Waals surface area contributed by atoms with Gasteiger partial charge in [-0.25, -0.2) is 13.1 Å². The molecule has 0 bridgehead atoms. The van der Waals surface area contributed by atoms with Gasteiger partial charge in [0.25, 0.3) is 0 Å². The Hall–Kier alpha value is 0.380. The topological polar surface area (TPSA) is 46.2 Å². The molecule has 1 aromatic heterocycles. The fourth-order valence-electron chi connectivity index (χ4n) is 2.34. The van der Waals surface area contributed by atoms with Crippen LogP contribution in [0, 0.1) is 5.92 Å². The first-order valence-corrected chi connectivity index (χ1v) is 9.82. The summed E-state index contributed by atoms with van der Waals surface area (Å²) in [4.78, 5) is 0. The number of hydrogen-bond donors (Lipinski definition) is 1. The zero-order valence-corrected chi connectivity index (χ0v) is 14.6. The van der Waals surface area contributed by atoms with E-state index in [0.717, 1.165) is 37.0 Å². The van der Waals surface area contributed by atoms with Crippen LogP contribution in [0.1, 0.15) is 39.0 Å². The van der Waals surface area contributed by atoms with E-state index in [9.17, 15) is 8.42 Å². The smallest absolute Gasteiger partial charge is 0.207 e. The van der Waals surface area contributed by atoms with Gasteiger partial charge in [0.2, 0.25) is 10.0 Å². The standard InChI is InChI=1S/C12H17BrClNO2S2/c1-8-3-2-4-9(6-5-8)15-19(16,17)11-7-10(14)12(13)18-11/h7-9,15H,2-6H2,1H3. The van der Waals surface area contributed by atoms with Crippen LogP contribution in [0.2, 0.25) is 5.02 Å². The second-order valence-corrected chi connectivity index (χ2v) is 9.84. The Labute approximate surface area is 131 Å². The van der Waals surface area contributed by atoms with Crippen molar-refractivity contribution in [1.82, 2.24) is 4.72 Å². The Balaban J connectivity index is 2.08. The summed E-state index contributed by atoms with van der Waals surface area (Å²) in [6.45, 7) is 2.23. The Morgan fingerprint density at radius 3 is 2.74 bits per heavy atom. The van der Waals surface area contributed by atoms with E-state index in [1.165, 1.54) is 12.5 Å². The summed E-state index contributed by atoms with van der Waals surface area (Å²) in [5.41, 5.74) is 0. The quantitative estimate of drug-likeness (QED) is 0.782. The lowest BCUT2D eigenvalue weighted by atomic mass is 10.0. The molecule has 0 aromatic carbocycles. The average molecular weight is 387 g/mol. The molecule has 7 heteroatoms. The first kappa shape index (κ1) is 15.8. The molecule has 0 spiro atoms. The minimum atomic E-state index is -3.44. The van der Waals surface area contributed by atoms with Gasteiger partial charge in [0.05, 0.1) is 8.81 Å².